The molecule has 0 fully saturated rings. The molecule has 0 amide bonds. The van der Waals surface area contributed by atoms with E-state index in [1.54, 1.807) is 26.6 Å². The average Bonchev–Trinajstić information content (AvgIpc) is 2.28. The number of benzene rings is 1. The molecule has 2 aromatic rings. The molecule has 0 saturated heterocycles. The first kappa shape index (κ1) is 12.4. The van der Waals surface area contributed by atoms with Crippen LogP contribution in [0.25, 0.3) is 10.8 Å². The molecule has 5 heteroatoms. The van der Waals surface area contributed by atoms with Crippen molar-refractivity contribution in [1.82, 2.24) is 4.98 Å². The van der Waals surface area contributed by atoms with E-state index < -0.39 is 0 Å². The number of hydrogen-bond acceptors (Lipinski definition) is 4. The van der Waals surface area contributed by atoms with Crippen LogP contribution in [0.4, 0.5) is 5.69 Å². The number of nitrogens with two attached hydrogens (primary N) is 1. The normalized spacial score (nSPS) is 9.62. The first-order valence-electron chi connectivity index (χ1n) is 4.51. The minimum Gasteiger partial charge on any atom is -0.493 e. The predicted molar refractivity (Wildman–Crippen MR) is 66.5 cm³/mol. The van der Waals surface area contributed by atoms with Crippen LogP contribution < -0.4 is 15.2 Å². The third-order valence-electron chi connectivity index (χ3n) is 2.29. The lowest BCUT2D eigenvalue weighted by Crippen LogP contribution is -1.93. The molecule has 0 atom stereocenters. The van der Waals surface area contributed by atoms with Gasteiger partial charge in [-0.3, -0.25) is 4.98 Å². The van der Waals surface area contributed by atoms with Crippen LogP contribution in [-0.4, -0.2) is 19.2 Å². The Balaban J connectivity index is 0.00000128. The van der Waals surface area contributed by atoms with Gasteiger partial charge in [0.15, 0.2) is 11.5 Å². The lowest BCUT2D eigenvalue weighted by molar-refractivity contribution is 0.356. The molecule has 0 aliphatic carbocycles. The number of fused-ring (bicyclic) bond motifs is 1. The quantitative estimate of drug-likeness (QED) is 0.875. The summed E-state index contributed by atoms with van der Waals surface area (Å²) in [5.41, 5.74) is 6.45. The largest absolute Gasteiger partial charge is 0.493 e. The maximum absolute atomic E-state index is 5.81. The summed E-state index contributed by atoms with van der Waals surface area (Å²) in [6.45, 7) is 0. The summed E-state index contributed by atoms with van der Waals surface area (Å²) in [5, 5.41) is 1.86. The van der Waals surface area contributed by atoms with E-state index in [0.29, 0.717) is 17.2 Å². The number of pyridine rings is 1. The number of rotatable bonds is 2. The molecule has 1 heterocycles. The van der Waals surface area contributed by atoms with Gasteiger partial charge in [0, 0.05) is 17.0 Å². The van der Waals surface area contributed by atoms with Crippen molar-refractivity contribution >= 4 is 28.9 Å². The molecule has 86 valence electrons. The standard InChI is InChI=1S/C11H12N2O2.ClH/c1-14-10-3-7-5-13-6-9(12)8(7)4-11(10)15-2;/h3-6H,12H2,1-2H3;1H. The van der Waals surface area contributed by atoms with Gasteiger partial charge in [-0.1, -0.05) is 0 Å². The summed E-state index contributed by atoms with van der Waals surface area (Å²) in [7, 11) is 3.20. The van der Waals surface area contributed by atoms with Crippen LogP contribution in [0.3, 0.4) is 0 Å². The number of ether oxygens (including phenoxy) is 2. The van der Waals surface area contributed by atoms with Crippen LogP contribution in [0.2, 0.25) is 0 Å². The maximum Gasteiger partial charge on any atom is 0.161 e. The van der Waals surface area contributed by atoms with Crippen molar-refractivity contribution in [1.29, 1.82) is 0 Å². The van der Waals surface area contributed by atoms with Crippen molar-refractivity contribution in [2.45, 2.75) is 0 Å². The zero-order chi connectivity index (χ0) is 10.8. The molecule has 0 saturated carbocycles. The van der Waals surface area contributed by atoms with Crippen molar-refractivity contribution in [2.24, 2.45) is 0 Å². The van der Waals surface area contributed by atoms with Crippen LogP contribution in [0.15, 0.2) is 24.5 Å². The van der Waals surface area contributed by atoms with E-state index >= 15 is 0 Å². The van der Waals surface area contributed by atoms with E-state index in [1.165, 1.54) is 0 Å². The predicted octanol–water partition coefficient (Wildman–Crippen LogP) is 2.26. The highest BCUT2D eigenvalue weighted by molar-refractivity contribution is 5.94. The Bertz CT molecular complexity index is 503. The van der Waals surface area contributed by atoms with Gasteiger partial charge < -0.3 is 15.2 Å². The Hall–Kier alpha value is -1.68. The smallest absolute Gasteiger partial charge is 0.161 e. The van der Waals surface area contributed by atoms with Gasteiger partial charge in [0.1, 0.15) is 0 Å². The van der Waals surface area contributed by atoms with Gasteiger partial charge in [-0.05, 0) is 12.1 Å². The van der Waals surface area contributed by atoms with Gasteiger partial charge in [0.25, 0.3) is 0 Å². The third kappa shape index (κ3) is 1.97. The van der Waals surface area contributed by atoms with Crippen LogP contribution in [0.5, 0.6) is 11.5 Å². The number of methoxy groups -OCH3 is 2. The SMILES string of the molecule is COc1cc2cncc(N)c2cc1OC.Cl. The summed E-state index contributed by atoms with van der Waals surface area (Å²) >= 11 is 0. The Morgan fingerprint density at radius 2 is 1.69 bits per heavy atom. The molecular weight excluding hydrogens is 228 g/mol. The van der Waals surface area contributed by atoms with E-state index in [4.69, 9.17) is 15.2 Å². The second kappa shape index (κ2) is 4.90. The number of nitrogen functional groups attached to an aromatic ring is 1. The topological polar surface area (TPSA) is 57.4 Å². The molecular formula is C11H13ClN2O2. The molecule has 0 aliphatic rings. The number of anilines is 1. The van der Waals surface area contributed by atoms with Crippen molar-refractivity contribution in [3.8, 4) is 11.5 Å². The maximum atomic E-state index is 5.81. The molecule has 0 unspecified atom stereocenters. The van der Waals surface area contributed by atoms with Crippen molar-refractivity contribution in [3.05, 3.63) is 24.5 Å². The van der Waals surface area contributed by atoms with E-state index in [1.807, 2.05) is 12.1 Å². The minimum absolute atomic E-state index is 0. The van der Waals surface area contributed by atoms with Crippen molar-refractivity contribution in [2.75, 3.05) is 20.0 Å². The molecule has 1 aromatic heterocycles. The summed E-state index contributed by atoms with van der Waals surface area (Å²) < 4.78 is 10.4. The summed E-state index contributed by atoms with van der Waals surface area (Å²) in [6, 6.07) is 3.71. The first-order chi connectivity index (χ1) is 7.26. The fraction of sp³-hybridized carbons (Fsp3) is 0.182. The van der Waals surface area contributed by atoms with E-state index in [-0.39, 0.29) is 12.4 Å². The second-order valence-electron chi connectivity index (χ2n) is 3.16. The Kier molecular flexibility index (Phi) is 3.79. The van der Waals surface area contributed by atoms with Gasteiger partial charge in [0.2, 0.25) is 0 Å². The zero-order valence-electron chi connectivity index (χ0n) is 9.06. The molecule has 0 radical (unpaired) electrons. The highest BCUT2D eigenvalue weighted by atomic mass is 35.5. The van der Waals surface area contributed by atoms with Gasteiger partial charge in [-0.2, -0.15) is 0 Å². The average molecular weight is 241 g/mol. The van der Waals surface area contributed by atoms with Crippen molar-refractivity contribution in [3.63, 3.8) is 0 Å². The van der Waals surface area contributed by atoms with E-state index in [9.17, 15) is 0 Å². The monoisotopic (exact) mass is 240 g/mol. The molecule has 0 spiro atoms. The fourth-order valence-corrected chi connectivity index (χ4v) is 1.52. The van der Waals surface area contributed by atoms with Gasteiger partial charge in [0.05, 0.1) is 26.1 Å². The molecule has 4 nitrogen and oxygen atoms in total. The zero-order valence-corrected chi connectivity index (χ0v) is 9.88. The Labute approximate surface area is 99.8 Å². The number of nitrogens with zero attached hydrogens (tertiary/aromatic N) is 1. The summed E-state index contributed by atoms with van der Waals surface area (Å²) in [6.07, 6.45) is 3.36. The lowest BCUT2D eigenvalue weighted by atomic mass is 10.1. The van der Waals surface area contributed by atoms with E-state index in [0.717, 1.165) is 10.8 Å². The molecule has 0 aliphatic heterocycles. The Morgan fingerprint density at radius 3 is 2.31 bits per heavy atom. The number of hydrogen-bond donors (Lipinski definition) is 1. The van der Waals surface area contributed by atoms with E-state index in [2.05, 4.69) is 4.98 Å². The number of aromatic nitrogens is 1. The second-order valence-corrected chi connectivity index (χ2v) is 3.16. The van der Waals surface area contributed by atoms with Crippen LogP contribution in [0.1, 0.15) is 0 Å². The molecule has 2 rings (SSSR count). The first-order valence-corrected chi connectivity index (χ1v) is 4.51. The van der Waals surface area contributed by atoms with Gasteiger partial charge in [-0.15, -0.1) is 12.4 Å². The fourth-order valence-electron chi connectivity index (χ4n) is 1.52. The molecule has 16 heavy (non-hydrogen) atoms. The van der Waals surface area contributed by atoms with Gasteiger partial charge >= 0.3 is 0 Å². The van der Waals surface area contributed by atoms with Crippen LogP contribution in [0, 0.1) is 0 Å². The minimum atomic E-state index is 0. The third-order valence-corrected chi connectivity index (χ3v) is 2.29. The highest BCUT2D eigenvalue weighted by Crippen LogP contribution is 2.33. The Morgan fingerprint density at radius 1 is 1.06 bits per heavy atom. The molecule has 0 bridgehead atoms. The summed E-state index contributed by atoms with van der Waals surface area (Å²) in [5.74, 6) is 1.35. The molecule has 1 aromatic carbocycles. The van der Waals surface area contributed by atoms with Gasteiger partial charge in [-0.25, -0.2) is 0 Å². The van der Waals surface area contributed by atoms with Crippen LogP contribution >= 0.6 is 12.4 Å². The highest BCUT2D eigenvalue weighted by Gasteiger charge is 2.07. The number of halogens is 1. The van der Waals surface area contributed by atoms with Crippen molar-refractivity contribution < 1.29 is 9.47 Å². The summed E-state index contributed by atoms with van der Waals surface area (Å²) in [4.78, 5) is 4.02. The lowest BCUT2D eigenvalue weighted by Gasteiger charge is -2.09. The van der Waals surface area contributed by atoms with Crippen LogP contribution in [-0.2, 0) is 0 Å². The molecule has 2 N–H and O–H groups in total.